The summed E-state index contributed by atoms with van der Waals surface area (Å²) >= 11 is 5.81. The van der Waals surface area contributed by atoms with Crippen LogP contribution in [-0.4, -0.2) is 29.6 Å². The van der Waals surface area contributed by atoms with Crippen molar-refractivity contribution in [1.29, 1.82) is 0 Å². The van der Waals surface area contributed by atoms with Gasteiger partial charge in [-0.2, -0.15) is 0 Å². The number of alkyl halides is 1. The van der Waals surface area contributed by atoms with E-state index in [2.05, 4.69) is 10.6 Å². The number of carbonyl (C=O) groups is 2. The van der Waals surface area contributed by atoms with Crippen LogP contribution in [0.15, 0.2) is 35.5 Å². The Hall–Kier alpha value is -2.21. The number of halogens is 1. The van der Waals surface area contributed by atoms with Crippen LogP contribution < -0.4 is 10.6 Å². The molecule has 21 heavy (non-hydrogen) atoms. The van der Waals surface area contributed by atoms with E-state index in [9.17, 15) is 14.7 Å². The average Bonchev–Trinajstić information content (AvgIpc) is 2.46. The highest BCUT2D eigenvalue weighted by Gasteiger charge is 2.34. The lowest BCUT2D eigenvalue weighted by molar-refractivity contribution is -0.139. The molecule has 1 aliphatic rings. The minimum absolute atomic E-state index is 0.0274. The van der Waals surface area contributed by atoms with Crippen LogP contribution in [0.25, 0.3) is 0 Å². The molecule has 1 aromatic rings. The molecule has 0 radical (unpaired) electrons. The SMILES string of the molecule is CCOC(=O)C1=C(CCl)NC(=O)N[C@H]1c1ccccc1O. The second-order valence-corrected chi connectivity index (χ2v) is 4.60. The van der Waals surface area contributed by atoms with E-state index in [0.717, 1.165) is 0 Å². The molecular formula is C14H15ClN2O4. The number of benzene rings is 1. The quantitative estimate of drug-likeness (QED) is 0.584. The van der Waals surface area contributed by atoms with E-state index in [1.165, 1.54) is 6.07 Å². The third kappa shape index (κ3) is 3.11. The van der Waals surface area contributed by atoms with Gasteiger partial charge in [-0.05, 0) is 13.0 Å². The first-order chi connectivity index (χ1) is 10.1. The number of esters is 1. The van der Waals surface area contributed by atoms with Crippen molar-refractivity contribution in [2.24, 2.45) is 0 Å². The summed E-state index contributed by atoms with van der Waals surface area (Å²) in [5, 5.41) is 15.0. The standard InChI is InChI=1S/C14H15ClN2O4/c1-2-21-13(19)11-9(7-15)16-14(20)17-12(11)8-5-3-4-6-10(8)18/h3-6,12,18H,2,7H2,1H3,(H2,16,17,20)/t12-/m0/s1. The molecule has 0 spiro atoms. The van der Waals surface area contributed by atoms with Gasteiger partial charge in [0.05, 0.1) is 24.1 Å². The number of phenolic OH excluding ortho intramolecular Hbond substituents is 1. The van der Waals surface area contributed by atoms with Crippen LogP contribution in [-0.2, 0) is 9.53 Å². The maximum atomic E-state index is 12.2. The number of ether oxygens (including phenoxy) is 1. The summed E-state index contributed by atoms with van der Waals surface area (Å²) < 4.78 is 5.01. The van der Waals surface area contributed by atoms with E-state index in [4.69, 9.17) is 16.3 Å². The Kier molecular flexibility index (Phi) is 4.70. The first-order valence-corrected chi connectivity index (χ1v) is 6.93. The zero-order chi connectivity index (χ0) is 15.4. The molecule has 6 nitrogen and oxygen atoms in total. The number of carbonyl (C=O) groups excluding carboxylic acids is 2. The van der Waals surface area contributed by atoms with Gasteiger partial charge in [-0.3, -0.25) is 0 Å². The number of hydrogen-bond acceptors (Lipinski definition) is 4. The second kappa shape index (κ2) is 6.49. The largest absolute Gasteiger partial charge is 0.508 e. The molecule has 1 aromatic carbocycles. The van der Waals surface area contributed by atoms with E-state index in [0.29, 0.717) is 5.56 Å². The highest BCUT2D eigenvalue weighted by molar-refractivity contribution is 6.20. The Bertz CT molecular complexity index is 600. The zero-order valence-corrected chi connectivity index (χ0v) is 12.1. The number of amides is 2. The lowest BCUT2D eigenvalue weighted by Gasteiger charge is -2.29. The van der Waals surface area contributed by atoms with Crippen molar-refractivity contribution in [3.05, 3.63) is 41.1 Å². The first kappa shape index (κ1) is 15.2. The fraction of sp³-hybridized carbons (Fsp3) is 0.286. The summed E-state index contributed by atoms with van der Waals surface area (Å²) in [6.45, 7) is 1.88. The number of para-hydroxylation sites is 1. The average molecular weight is 311 g/mol. The molecule has 0 saturated heterocycles. The van der Waals surface area contributed by atoms with Crippen LogP contribution in [0.5, 0.6) is 5.75 Å². The molecule has 0 aromatic heterocycles. The number of rotatable bonds is 4. The van der Waals surface area contributed by atoms with Gasteiger partial charge in [0, 0.05) is 11.3 Å². The van der Waals surface area contributed by atoms with E-state index < -0.39 is 18.0 Å². The Morgan fingerprint density at radius 2 is 2.14 bits per heavy atom. The second-order valence-electron chi connectivity index (χ2n) is 4.34. The van der Waals surface area contributed by atoms with Crippen molar-refractivity contribution in [3.8, 4) is 5.75 Å². The highest BCUT2D eigenvalue weighted by atomic mass is 35.5. The van der Waals surface area contributed by atoms with Crippen LogP contribution in [0.3, 0.4) is 0 Å². The van der Waals surface area contributed by atoms with Gasteiger partial charge in [0.25, 0.3) is 0 Å². The third-order valence-electron chi connectivity index (χ3n) is 3.03. The predicted octanol–water partition coefficient (Wildman–Crippen LogP) is 1.80. The van der Waals surface area contributed by atoms with Crippen molar-refractivity contribution in [2.75, 3.05) is 12.5 Å². The van der Waals surface area contributed by atoms with Gasteiger partial charge in [-0.1, -0.05) is 18.2 Å². The Labute approximate surface area is 126 Å². The van der Waals surface area contributed by atoms with Crippen LogP contribution in [0, 0.1) is 0 Å². The summed E-state index contributed by atoms with van der Waals surface area (Å²) in [6.07, 6.45) is 0. The third-order valence-corrected chi connectivity index (χ3v) is 3.30. The Balaban J connectivity index is 2.52. The van der Waals surface area contributed by atoms with E-state index in [-0.39, 0.29) is 29.5 Å². The lowest BCUT2D eigenvalue weighted by atomic mass is 9.95. The van der Waals surface area contributed by atoms with E-state index in [1.807, 2.05) is 0 Å². The van der Waals surface area contributed by atoms with Gasteiger partial charge >= 0.3 is 12.0 Å². The minimum atomic E-state index is -0.812. The molecule has 2 amide bonds. The summed E-state index contributed by atoms with van der Waals surface area (Å²) in [7, 11) is 0. The zero-order valence-electron chi connectivity index (χ0n) is 11.4. The maximum Gasteiger partial charge on any atom is 0.338 e. The van der Waals surface area contributed by atoms with Crippen LogP contribution >= 0.6 is 11.6 Å². The molecule has 0 fully saturated rings. The summed E-state index contributed by atoms with van der Waals surface area (Å²) in [5.74, 6) is -0.666. The Morgan fingerprint density at radius 1 is 1.43 bits per heavy atom. The van der Waals surface area contributed by atoms with Gasteiger partial charge < -0.3 is 20.5 Å². The number of urea groups is 1. The maximum absolute atomic E-state index is 12.2. The molecule has 0 aliphatic carbocycles. The number of aromatic hydroxyl groups is 1. The van der Waals surface area contributed by atoms with Crippen molar-refractivity contribution in [3.63, 3.8) is 0 Å². The smallest absolute Gasteiger partial charge is 0.338 e. The molecule has 1 aliphatic heterocycles. The molecular weight excluding hydrogens is 296 g/mol. The van der Waals surface area contributed by atoms with Crippen LogP contribution in [0.2, 0.25) is 0 Å². The van der Waals surface area contributed by atoms with E-state index >= 15 is 0 Å². The van der Waals surface area contributed by atoms with Crippen molar-refractivity contribution in [2.45, 2.75) is 13.0 Å². The minimum Gasteiger partial charge on any atom is -0.508 e. The number of nitrogens with one attached hydrogen (secondary N) is 2. The van der Waals surface area contributed by atoms with Crippen molar-refractivity contribution < 1.29 is 19.4 Å². The number of hydrogen-bond donors (Lipinski definition) is 3. The number of phenols is 1. The summed E-state index contributed by atoms with van der Waals surface area (Å²) in [4.78, 5) is 23.9. The first-order valence-electron chi connectivity index (χ1n) is 6.40. The van der Waals surface area contributed by atoms with Gasteiger partial charge in [0.2, 0.25) is 0 Å². The van der Waals surface area contributed by atoms with Gasteiger partial charge in [-0.25, -0.2) is 9.59 Å². The van der Waals surface area contributed by atoms with Gasteiger partial charge in [0.1, 0.15) is 5.75 Å². The van der Waals surface area contributed by atoms with Crippen LogP contribution in [0.4, 0.5) is 4.79 Å². The predicted molar refractivity (Wildman–Crippen MR) is 76.9 cm³/mol. The van der Waals surface area contributed by atoms with Gasteiger partial charge in [-0.15, -0.1) is 11.6 Å². The fourth-order valence-corrected chi connectivity index (χ4v) is 2.35. The van der Waals surface area contributed by atoms with Crippen LogP contribution in [0.1, 0.15) is 18.5 Å². The molecule has 2 rings (SSSR count). The number of allylic oxidation sites excluding steroid dienone is 1. The highest BCUT2D eigenvalue weighted by Crippen LogP contribution is 2.33. The fourth-order valence-electron chi connectivity index (χ4n) is 2.14. The molecule has 0 unspecified atom stereocenters. The summed E-state index contributed by atoms with van der Waals surface area (Å²) in [6, 6.07) is 5.15. The lowest BCUT2D eigenvalue weighted by Crippen LogP contribution is -2.46. The van der Waals surface area contributed by atoms with E-state index in [1.54, 1.807) is 25.1 Å². The monoisotopic (exact) mass is 310 g/mol. The molecule has 7 heteroatoms. The Morgan fingerprint density at radius 3 is 2.76 bits per heavy atom. The molecule has 3 N–H and O–H groups in total. The van der Waals surface area contributed by atoms with Crippen molar-refractivity contribution >= 4 is 23.6 Å². The normalized spacial score (nSPS) is 18.0. The molecule has 1 atom stereocenters. The van der Waals surface area contributed by atoms with Crippen molar-refractivity contribution in [1.82, 2.24) is 10.6 Å². The molecule has 112 valence electrons. The van der Waals surface area contributed by atoms with Gasteiger partial charge in [0.15, 0.2) is 0 Å². The molecule has 0 bridgehead atoms. The molecule has 0 saturated carbocycles. The summed E-state index contributed by atoms with van der Waals surface area (Å²) in [5.41, 5.74) is 0.859. The topological polar surface area (TPSA) is 87.7 Å². The molecule has 1 heterocycles.